The number of aliphatic hydroxyl groups is 2. The molecule has 0 spiro atoms. The highest BCUT2D eigenvalue weighted by atomic mass is 31.3. The summed E-state index contributed by atoms with van der Waals surface area (Å²) >= 11 is 0. The van der Waals surface area contributed by atoms with Crippen LogP contribution in [-0.2, 0) is 31.6 Å². The summed E-state index contributed by atoms with van der Waals surface area (Å²) in [7, 11) is -16.9. The van der Waals surface area contributed by atoms with Gasteiger partial charge in [-0.25, -0.2) is 18.7 Å². The summed E-state index contributed by atoms with van der Waals surface area (Å²) in [5.74, 6) is -0.278. The lowest BCUT2D eigenvalue weighted by Crippen LogP contribution is -2.38. The molecule has 0 bridgehead atoms. The number of nitrogen functional groups attached to an aromatic ring is 1. The number of nitrogens with one attached hydrogen (secondary N) is 1. The van der Waals surface area contributed by atoms with Crippen LogP contribution in [0.5, 0.6) is 0 Å². The molecule has 33 heavy (non-hydrogen) atoms. The van der Waals surface area contributed by atoms with E-state index in [2.05, 4.69) is 28.1 Å². The molecule has 0 amide bonds. The summed E-state index contributed by atoms with van der Waals surface area (Å²) in [6.45, 7) is 1.05. The second-order valence-corrected chi connectivity index (χ2v) is 11.0. The summed E-state index contributed by atoms with van der Waals surface area (Å²) in [6.07, 6.45) is -7.04. The van der Waals surface area contributed by atoms with Crippen molar-refractivity contribution in [3.63, 3.8) is 0 Å². The molecular formula is C11H18N5O14P3. The predicted molar refractivity (Wildman–Crippen MR) is 103 cm³/mol. The Hall–Kier alpha value is -1.56. The molecule has 1 saturated heterocycles. The molecular weight excluding hydrogens is 519 g/mol. The molecule has 0 aliphatic carbocycles. The van der Waals surface area contributed by atoms with Gasteiger partial charge in [-0.1, -0.05) is 0 Å². The van der Waals surface area contributed by atoms with Gasteiger partial charge >= 0.3 is 23.5 Å². The molecule has 3 heterocycles. The molecule has 2 aromatic rings. The zero-order valence-electron chi connectivity index (χ0n) is 16.2. The van der Waals surface area contributed by atoms with Crippen LogP contribution in [0.4, 0.5) is 5.95 Å². The third-order valence-corrected chi connectivity index (χ3v) is 8.10. The number of nitrogens with two attached hydrogens (primary N) is 1. The maximum absolute atomic E-state index is 12.0. The first-order chi connectivity index (χ1) is 15.0. The van der Waals surface area contributed by atoms with Crippen molar-refractivity contribution < 1.29 is 61.4 Å². The zero-order valence-corrected chi connectivity index (χ0v) is 18.9. The molecule has 1 aliphatic rings. The van der Waals surface area contributed by atoms with Gasteiger partial charge in [-0.2, -0.15) is 13.6 Å². The Balaban J connectivity index is 1.78. The van der Waals surface area contributed by atoms with Gasteiger partial charge in [0.1, 0.15) is 18.3 Å². The van der Waals surface area contributed by atoms with E-state index in [0.29, 0.717) is 0 Å². The first kappa shape index (κ1) is 26.1. The van der Waals surface area contributed by atoms with Gasteiger partial charge in [0, 0.05) is 0 Å². The number of phosphoric ester groups is 1. The molecule has 3 rings (SSSR count). The van der Waals surface area contributed by atoms with Crippen LogP contribution in [0.2, 0.25) is 0 Å². The lowest BCUT2D eigenvalue weighted by atomic mass is 10.1. The topological polar surface area (TPSA) is 299 Å². The van der Waals surface area contributed by atoms with E-state index in [0.717, 1.165) is 17.8 Å². The van der Waals surface area contributed by atoms with Crippen molar-refractivity contribution in [3.8, 4) is 0 Å². The van der Waals surface area contributed by atoms with Crippen LogP contribution in [0, 0.1) is 0 Å². The Labute approximate surface area is 182 Å². The minimum Gasteiger partial charge on any atom is -0.387 e. The van der Waals surface area contributed by atoms with Crippen molar-refractivity contribution >= 4 is 40.6 Å². The molecule has 9 N–H and O–H groups in total. The summed E-state index contributed by atoms with van der Waals surface area (Å²) in [6, 6.07) is 0. The van der Waals surface area contributed by atoms with Crippen LogP contribution in [-0.4, -0.2) is 73.7 Å². The maximum atomic E-state index is 12.0. The van der Waals surface area contributed by atoms with Crippen molar-refractivity contribution in [1.29, 1.82) is 0 Å². The highest BCUT2D eigenvalue weighted by Crippen LogP contribution is 2.66. The smallest absolute Gasteiger partial charge is 0.387 e. The van der Waals surface area contributed by atoms with Crippen molar-refractivity contribution in [2.24, 2.45) is 0 Å². The third kappa shape index (κ3) is 5.93. The van der Waals surface area contributed by atoms with E-state index in [1.165, 1.54) is 0 Å². The van der Waals surface area contributed by atoms with E-state index in [1.807, 2.05) is 0 Å². The molecule has 7 atom stereocenters. The number of imidazole rings is 1. The molecule has 0 aromatic carbocycles. The highest BCUT2D eigenvalue weighted by Gasteiger charge is 2.49. The van der Waals surface area contributed by atoms with E-state index in [9.17, 15) is 38.5 Å². The quantitative estimate of drug-likeness (QED) is 0.170. The predicted octanol–water partition coefficient (Wildman–Crippen LogP) is -1.95. The number of hydrogen-bond acceptors (Lipinski definition) is 13. The molecule has 6 unspecified atom stereocenters. The molecule has 22 heteroatoms. The number of anilines is 1. The monoisotopic (exact) mass is 537 g/mol. The number of aromatic nitrogens is 4. The van der Waals surface area contributed by atoms with Crippen LogP contribution in [0.15, 0.2) is 11.1 Å². The standard InChI is InChI=1S/C11H18N5O14P3/c1-3(28-32(23,24)30-33(25,26)29-31(20,21)22)7-5(17)6(18)10(27-7)16-2-13-4-8(16)14-11(12)15-9(4)19/h2-3,5-7,10,17-18H,1H3,(H,23,24)(H,25,26)(H2,20,21,22)(H3,12,14,15,19)/t3-,5?,6?,7?,10?/m1/s1. The van der Waals surface area contributed by atoms with Gasteiger partial charge in [-0.15, -0.1) is 0 Å². The number of hydrogen-bond donors (Lipinski definition) is 8. The van der Waals surface area contributed by atoms with Gasteiger partial charge in [-0.3, -0.25) is 18.9 Å². The fourth-order valence-electron chi connectivity index (χ4n) is 3.00. The fourth-order valence-corrected chi connectivity index (χ4v) is 6.20. The number of rotatable bonds is 8. The van der Waals surface area contributed by atoms with Crippen molar-refractivity contribution in [2.45, 2.75) is 37.6 Å². The van der Waals surface area contributed by atoms with Gasteiger partial charge in [0.15, 0.2) is 17.4 Å². The lowest BCUT2D eigenvalue weighted by Gasteiger charge is -2.24. The highest BCUT2D eigenvalue weighted by molar-refractivity contribution is 7.66. The number of aromatic amines is 1. The van der Waals surface area contributed by atoms with E-state index in [4.69, 9.17) is 20.3 Å². The number of aliphatic hydroxyl groups excluding tert-OH is 2. The van der Waals surface area contributed by atoms with Crippen molar-refractivity contribution in [2.75, 3.05) is 5.73 Å². The Morgan fingerprint density at radius 2 is 1.79 bits per heavy atom. The Morgan fingerprint density at radius 3 is 2.39 bits per heavy atom. The van der Waals surface area contributed by atoms with Crippen molar-refractivity contribution in [3.05, 3.63) is 16.7 Å². The number of fused-ring (bicyclic) bond motifs is 1. The van der Waals surface area contributed by atoms with Crippen LogP contribution >= 0.6 is 23.5 Å². The fraction of sp³-hybridized carbons (Fsp3) is 0.545. The van der Waals surface area contributed by atoms with E-state index in [-0.39, 0.29) is 17.1 Å². The molecule has 0 saturated carbocycles. The number of phosphoric acid groups is 3. The van der Waals surface area contributed by atoms with Gasteiger partial charge < -0.3 is 40.3 Å². The molecule has 0 radical (unpaired) electrons. The Morgan fingerprint density at radius 1 is 1.15 bits per heavy atom. The van der Waals surface area contributed by atoms with Crippen LogP contribution in [0.25, 0.3) is 11.2 Å². The van der Waals surface area contributed by atoms with Gasteiger partial charge in [0.2, 0.25) is 5.95 Å². The van der Waals surface area contributed by atoms with Crippen molar-refractivity contribution in [1.82, 2.24) is 19.5 Å². The average Bonchev–Trinajstić information content (AvgIpc) is 3.13. The number of H-pyrrole nitrogens is 1. The largest absolute Gasteiger partial charge is 0.490 e. The van der Waals surface area contributed by atoms with E-state index >= 15 is 0 Å². The summed E-state index contributed by atoms with van der Waals surface area (Å²) in [4.78, 5) is 57.7. The second kappa shape index (κ2) is 8.90. The molecule has 1 fully saturated rings. The molecule has 186 valence electrons. The lowest BCUT2D eigenvalue weighted by molar-refractivity contribution is -0.0755. The molecule has 2 aromatic heterocycles. The zero-order chi connectivity index (χ0) is 24.9. The first-order valence-corrected chi connectivity index (χ1v) is 13.1. The van der Waals surface area contributed by atoms with Crippen LogP contribution in [0.1, 0.15) is 13.2 Å². The maximum Gasteiger partial charge on any atom is 0.490 e. The third-order valence-electron chi connectivity index (χ3n) is 4.18. The normalized spacial score (nSPS) is 28.5. The SMILES string of the molecule is C[C@@H](OP(=O)(O)OP(=O)(O)OP(=O)(O)O)C1OC(n2cnc3c(=O)[nH]c(N)nc32)C(O)C1O. The van der Waals surface area contributed by atoms with E-state index in [1.54, 1.807) is 0 Å². The van der Waals surface area contributed by atoms with Gasteiger partial charge in [0.25, 0.3) is 5.56 Å². The molecule has 19 nitrogen and oxygen atoms in total. The summed E-state index contributed by atoms with van der Waals surface area (Å²) in [5, 5.41) is 20.7. The van der Waals surface area contributed by atoms with Gasteiger partial charge in [0.05, 0.1) is 12.4 Å². The molecule has 1 aliphatic heterocycles. The number of nitrogens with zero attached hydrogens (tertiary/aromatic N) is 3. The van der Waals surface area contributed by atoms with Crippen LogP contribution < -0.4 is 11.3 Å². The summed E-state index contributed by atoms with van der Waals surface area (Å²) < 4.78 is 52.4. The summed E-state index contributed by atoms with van der Waals surface area (Å²) in [5.41, 5.74) is 4.51. The van der Waals surface area contributed by atoms with E-state index < -0.39 is 59.7 Å². The average molecular weight is 537 g/mol. The number of ether oxygens (including phenoxy) is 1. The minimum atomic E-state index is -5.76. The Bertz CT molecular complexity index is 1240. The Kier molecular flexibility index (Phi) is 7.03. The minimum absolute atomic E-state index is 0.117. The second-order valence-electron chi connectivity index (χ2n) is 6.65. The van der Waals surface area contributed by atoms with Crippen LogP contribution in [0.3, 0.4) is 0 Å². The van der Waals surface area contributed by atoms with Gasteiger partial charge in [-0.05, 0) is 6.92 Å². The first-order valence-electron chi connectivity index (χ1n) is 8.56.